The Kier molecular flexibility index (Phi) is 6.15. The van der Waals surface area contributed by atoms with Crippen LogP contribution in [0.1, 0.15) is 18.4 Å². The van der Waals surface area contributed by atoms with Crippen LogP contribution in [0.15, 0.2) is 36.9 Å². The van der Waals surface area contributed by atoms with E-state index in [1.165, 1.54) is 6.08 Å². The maximum atomic E-state index is 12.0. The molecule has 2 rings (SSSR count). The summed E-state index contributed by atoms with van der Waals surface area (Å²) in [5, 5.41) is 8.97. The predicted octanol–water partition coefficient (Wildman–Crippen LogP) is 1.47. The normalized spacial score (nSPS) is 15.1. The molecule has 0 aliphatic carbocycles. The number of hydrogen-bond donors (Lipinski definition) is 3. The quantitative estimate of drug-likeness (QED) is 0.697. The van der Waals surface area contributed by atoms with Crippen molar-refractivity contribution in [2.24, 2.45) is 5.92 Å². The summed E-state index contributed by atoms with van der Waals surface area (Å²) in [5.41, 5.74) is 1.87. The van der Waals surface area contributed by atoms with Gasteiger partial charge < -0.3 is 16.0 Å². The van der Waals surface area contributed by atoms with E-state index in [0.29, 0.717) is 6.54 Å². The van der Waals surface area contributed by atoms with Gasteiger partial charge in [0.1, 0.15) is 0 Å². The molecule has 0 unspecified atom stereocenters. The second-order valence-electron chi connectivity index (χ2n) is 5.46. The molecule has 0 radical (unpaired) electrons. The van der Waals surface area contributed by atoms with Crippen LogP contribution in [-0.2, 0) is 16.0 Å². The summed E-state index contributed by atoms with van der Waals surface area (Å²) in [6.07, 6.45) is 3.86. The fourth-order valence-corrected chi connectivity index (χ4v) is 2.51. The van der Waals surface area contributed by atoms with E-state index < -0.39 is 0 Å². The van der Waals surface area contributed by atoms with Crippen molar-refractivity contribution in [2.45, 2.75) is 19.3 Å². The van der Waals surface area contributed by atoms with Crippen molar-refractivity contribution in [3.05, 3.63) is 42.5 Å². The summed E-state index contributed by atoms with van der Waals surface area (Å²) < 4.78 is 0. The summed E-state index contributed by atoms with van der Waals surface area (Å²) in [6.45, 7) is 5.91. The van der Waals surface area contributed by atoms with E-state index >= 15 is 0 Å². The van der Waals surface area contributed by atoms with E-state index in [0.717, 1.165) is 43.6 Å². The third kappa shape index (κ3) is 5.00. The van der Waals surface area contributed by atoms with Gasteiger partial charge in [0, 0.05) is 18.2 Å². The van der Waals surface area contributed by atoms with Crippen LogP contribution < -0.4 is 16.0 Å². The van der Waals surface area contributed by atoms with Crippen LogP contribution >= 0.6 is 0 Å². The topological polar surface area (TPSA) is 70.2 Å². The van der Waals surface area contributed by atoms with Gasteiger partial charge in [0.05, 0.1) is 0 Å². The first-order chi connectivity index (χ1) is 10.7. The Morgan fingerprint density at radius 2 is 1.91 bits per heavy atom. The van der Waals surface area contributed by atoms with E-state index in [1.54, 1.807) is 0 Å². The smallest absolute Gasteiger partial charge is 0.247 e. The Balaban J connectivity index is 1.73. The molecular weight excluding hydrogens is 278 g/mol. The Labute approximate surface area is 131 Å². The Bertz CT molecular complexity index is 519. The summed E-state index contributed by atoms with van der Waals surface area (Å²) >= 11 is 0. The standard InChI is InChI=1S/C17H23N3O2/c1-2-16(21)20-15-5-3-13(4-6-15)7-12-19-17(22)14-8-10-18-11-9-14/h2-6,14,18H,1,7-12H2,(H,19,22)(H,20,21). The average molecular weight is 301 g/mol. The fourth-order valence-electron chi connectivity index (χ4n) is 2.51. The molecule has 1 heterocycles. The Morgan fingerprint density at radius 3 is 2.55 bits per heavy atom. The monoisotopic (exact) mass is 301 g/mol. The van der Waals surface area contributed by atoms with Crippen LogP contribution in [0.2, 0.25) is 0 Å². The zero-order valence-electron chi connectivity index (χ0n) is 12.7. The third-order valence-corrected chi connectivity index (χ3v) is 3.83. The lowest BCUT2D eigenvalue weighted by Gasteiger charge is -2.21. The number of nitrogens with one attached hydrogen (secondary N) is 3. The number of carbonyl (C=O) groups excluding carboxylic acids is 2. The minimum Gasteiger partial charge on any atom is -0.356 e. The summed E-state index contributed by atoms with van der Waals surface area (Å²) in [6, 6.07) is 7.61. The van der Waals surface area contributed by atoms with Crippen molar-refractivity contribution in [2.75, 3.05) is 25.0 Å². The maximum Gasteiger partial charge on any atom is 0.247 e. The van der Waals surface area contributed by atoms with Crippen molar-refractivity contribution >= 4 is 17.5 Å². The second-order valence-corrected chi connectivity index (χ2v) is 5.46. The van der Waals surface area contributed by atoms with Gasteiger partial charge in [-0.05, 0) is 56.1 Å². The highest BCUT2D eigenvalue weighted by Gasteiger charge is 2.20. The summed E-state index contributed by atoms with van der Waals surface area (Å²) in [7, 11) is 0. The number of anilines is 1. The first-order valence-corrected chi connectivity index (χ1v) is 7.70. The van der Waals surface area contributed by atoms with Crippen LogP contribution in [0, 0.1) is 5.92 Å². The lowest BCUT2D eigenvalue weighted by atomic mass is 9.97. The number of amides is 2. The van der Waals surface area contributed by atoms with Crippen molar-refractivity contribution in [1.29, 1.82) is 0 Å². The lowest BCUT2D eigenvalue weighted by molar-refractivity contribution is -0.125. The zero-order valence-corrected chi connectivity index (χ0v) is 12.7. The molecule has 1 saturated heterocycles. The van der Waals surface area contributed by atoms with E-state index in [1.807, 2.05) is 24.3 Å². The van der Waals surface area contributed by atoms with Gasteiger partial charge in [-0.25, -0.2) is 0 Å². The molecule has 0 saturated carbocycles. The number of carbonyl (C=O) groups is 2. The number of piperidine rings is 1. The van der Waals surface area contributed by atoms with E-state index in [-0.39, 0.29) is 17.7 Å². The zero-order chi connectivity index (χ0) is 15.8. The first-order valence-electron chi connectivity index (χ1n) is 7.70. The molecule has 0 spiro atoms. The number of hydrogen-bond acceptors (Lipinski definition) is 3. The number of rotatable bonds is 6. The molecule has 5 nitrogen and oxygen atoms in total. The molecule has 1 aliphatic heterocycles. The van der Waals surface area contributed by atoms with Crippen molar-refractivity contribution in [3.8, 4) is 0 Å². The molecular formula is C17H23N3O2. The molecule has 1 fully saturated rings. The van der Waals surface area contributed by atoms with Gasteiger partial charge in [0.15, 0.2) is 0 Å². The largest absolute Gasteiger partial charge is 0.356 e. The van der Waals surface area contributed by atoms with E-state index in [9.17, 15) is 9.59 Å². The highest BCUT2D eigenvalue weighted by Crippen LogP contribution is 2.12. The van der Waals surface area contributed by atoms with Crippen molar-refractivity contribution < 1.29 is 9.59 Å². The molecule has 1 aromatic rings. The first kappa shape index (κ1) is 16.2. The Morgan fingerprint density at radius 1 is 1.23 bits per heavy atom. The maximum absolute atomic E-state index is 12.0. The SMILES string of the molecule is C=CC(=O)Nc1ccc(CCNC(=O)C2CCNCC2)cc1. The van der Waals surface area contributed by atoms with Crippen molar-refractivity contribution in [1.82, 2.24) is 10.6 Å². The molecule has 1 aliphatic rings. The highest BCUT2D eigenvalue weighted by molar-refractivity contribution is 5.98. The molecule has 1 aromatic carbocycles. The minimum atomic E-state index is -0.220. The van der Waals surface area contributed by atoms with Gasteiger partial charge >= 0.3 is 0 Å². The lowest BCUT2D eigenvalue weighted by Crippen LogP contribution is -2.38. The van der Waals surface area contributed by atoms with Crippen LogP contribution in [0.25, 0.3) is 0 Å². The third-order valence-electron chi connectivity index (χ3n) is 3.83. The van der Waals surface area contributed by atoms with Crippen LogP contribution in [0.5, 0.6) is 0 Å². The second kappa shape index (κ2) is 8.34. The van der Waals surface area contributed by atoms with Gasteiger partial charge in [-0.1, -0.05) is 18.7 Å². The van der Waals surface area contributed by atoms with Gasteiger partial charge in [-0.2, -0.15) is 0 Å². The van der Waals surface area contributed by atoms with Gasteiger partial charge in [0.25, 0.3) is 0 Å². The molecule has 118 valence electrons. The minimum absolute atomic E-state index is 0.151. The molecule has 0 bridgehead atoms. The van der Waals surface area contributed by atoms with E-state index in [4.69, 9.17) is 0 Å². The highest BCUT2D eigenvalue weighted by atomic mass is 16.2. The molecule has 22 heavy (non-hydrogen) atoms. The summed E-state index contributed by atoms with van der Waals surface area (Å²) in [4.78, 5) is 23.2. The predicted molar refractivity (Wildman–Crippen MR) is 87.6 cm³/mol. The molecule has 2 amide bonds. The van der Waals surface area contributed by atoms with Gasteiger partial charge in [-0.3, -0.25) is 9.59 Å². The number of benzene rings is 1. The molecule has 0 atom stereocenters. The molecule has 5 heteroatoms. The average Bonchev–Trinajstić information content (AvgIpc) is 2.57. The van der Waals surface area contributed by atoms with E-state index in [2.05, 4.69) is 22.5 Å². The molecule has 3 N–H and O–H groups in total. The fraction of sp³-hybridized carbons (Fsp3) is 0.412. The van der Waals surface area contributed by atoms with Crippen molar-refractivity contribution in [3.63, 3.8) is 0 Å². The van der Waals surface area contributed by atoms with Crippen LogP contribution in [0.3, 0.4) is 0 Å². The van der Waals surface area contributed by atoms with Crippen LogP contribution in [-0.4, -0.2) is 31.4 Å². The van der Waals surface area contributed by atoms with Gasteiger partial charge in [0.2, 0.25) is 11.8 Å². The van der Waals surface area contributed by atoms with Crippen LogP contribution in [0.4, 0.5) is 5.69 Å². The Hall–Kier alpha value is -2.14. The summed E-state index contributed by atoms with van der Waals surface area (Å²) in [5.74, 6) is 0.0936. The molecule has 0 aromatic heterocycles. The van der Waals surface area contributed by atoms with Gasteiger partial charge in [-0.15, -0.1) is 0 Å².